The highest BCUT2D eigenvalue weighted by Crippen LogP contribution is 2.37. The van der Waals surface area contributed by atoms with E-state index in [-0.39, 0.29) is 25.1 Å². The van der Waals surface area contributed by atoms with Gasteiger partial charge in [0.2, 0.25) is 6.29 Å². The smallest absolute Gasteiger partial charge is 0.305 e. The number of fused-ring (bicyclic) bond motifs is 2. The van der Waals surface area contributed by atoms with E-state index in [2.05, 4.69) is 0 Å². The van der Waals surface area contributed by atoms with Crippen molar-refractivity contribution in [2.75, 3.05) is 20.5 Å². The van der Waals surface area contributed by atoms with Gasteiger partial charge in [-0.2, -0.15) is 0 Å². The first-order valence-corrected chi connectivity index (χ1v) is 7.32. The number of ether oxygens (including phenoxy) is 7. The highest BCUT2D eigenvalue weighted by molar-refractivity contribution is 5.66. The molecule has 3 rings (SSSR count). The van der Waals surface area contributed by atoms with Crippen molar-refractivity contribution in [1.29, 1.82) is 0 Å². The standard InChI is InChI=1S/C14H22O8/c1-7(15)20-13-12-11(17-6-18-13)10(16-4)9-8(21-12)5-19-14(2,3)22-9/h8-13H,5-6H2,1-4H3/t8-,9?,10+,11-,12+,13?/m1/s1. The van der Waals surface area contributed by atoms with E-state index in [1.54, 1.807) is 7.11 Å². The molecule has 3 aliphatic rings. The maximum absolute atomic E-state index is 11.2. The van der Waals surface area contributed by atoms with Crippen LogP contribution in [0.3, 0.4) is 0 Å². The van der Waals surface area contributed by atoms with E-state index in [9.17, 15) is 4.79 Å². The molecule has 3 saturated heterocycles. The summed E-state index contributed by atoms with van der Waals surface area (Å²) in [6.45, 7) is 5.36. The Labute approximate surface area is 128 Å². The maximum atomic E-state index is 11.2. The Morgan fingerprint density at radius 1 is 1.18 bits per heavy atom. The third-order valence-corrected chi connectivity index (χ3v) is 4.00. The van der Waals surface area contributed by atoms with Gasteiger partial charge in [0, 0.05) is 14.0 Å². The first-order valence-electron chi connectivity index (χ1n) is 7.32. The van der Waals surface area contributed by atoms with E-state index >= 15 is 0 Å². The van der Waals surface area contributed by atoms with Gasteiger partial charge in [-0.25, -0.2) is 0 Å². The van der Waals surface area contributed by atoms with Gasteiger partial charge < -0.3 is 33.2 Å². The van der Waals surface area contributed by atoms with Gasteiger partial charge in [-0.05, 0) is 13.8 Å². The van der Waals surface area contributed by atoms with Gasteiger partial charge in [-0.15, -0.1) is 0 Å². The third-order valence-electron chi connectivity index (χ3n) is 4.00. The summed E-state index contributed by atoms with van der Waals surface area (Å²) < 4.78 is 39.3. The van der Waals surface area contributed by atoms with Gasteiger partial charge in [-0.1, -0.05) is 0 Å². The predicted octanol–water partition coefficient (Wildman–Crippen LogP) is 0.182. The average molecular weight is 318 g/mol. The number of hydrogen-bond donors (Lipinski definition) is 0. The predicted molar refractivity (Wildman–Crippen MR) is 70.7 cm³/mol. The summed E-state index contributed by atoms with van der Waals surface area (Å²) in [5.41, 5.74) is 0. The number of rotatable bonds is 2. The van der Waals surface area contributed by atoms with Gasteiger partial charge in [0.05, 0.1) is 6.61 Å². The Morgan fingerprint density at radius 2 is 1.95 bits per heavy atom. The summed E-state index contributed by atoms with van der Waals surface area (Å²) >= 11 is 0. The molecule has 6 atom stereocenters. The van der Waals surface area contributed by atoms with Crippen molar-refractivity contribution < 1.29 is 38.0 Å². The second kappa shape index (κ2) is 6.03. The molecule has 0 aliphatic carbocycles. The van der Waals surface area contributed by atoms with E-state index in [1.165, 1.54) is 6.92 Å². The summed E-state index contributed by atoms with van der Waals surface area (Å²) in [7, 11) is 1.59. The molecule has 3 heterocycles. The fraction of sp³-hybridized carbons (Fsp3) is 0.929. The van der Waals surface area contributed by atoms with Crippen molar-refractivity contribution in [2.45, 2.75) is 63.4 Å². The van der Waals surface area contributed by atoms with Gasteiger partial charge >= 0.3 is 5.97 Å². The first-order chi connectivity index (χ1) is 10.4. The quantitative estimate of drug-likeness (QED) is 0.667. The average Bonchev–Trinajstić information content (AvgIpc) is 2.44. The van der Waals surface area contributed by atoms with Crippen molar-refractivity contribution in [1.82, 2.24) is 0 Å². The molecule has 3 aliphatic heterocycles. The molecule has 0 radical (unpaired) electrons. The minimum Gasteiger partial charge on any atom is -0.433 e. The van der Waals surface area contributed by atoms with E-state index in [0.717, 1.165) is 0 Å². The zero-order chi connectivity index (χ0) is 15.9. The summed E-state index contributed by atoms with van der Waals surface area (Å²) in [6, 6.07) is 0. The SMILES string of the molecule is CO[C@H]1C2OC(C)(C)OC[C@H]2O[C@@H]2C(OC(C)=O)OCO[C@@H]21. The molecule has 2 unspecified atom stereocenters. The lowest BCUT2D eigenvalue weighted by Crippen LogP contribution is -2.69. The Kier molecular flexibility index (Phi) is 4.41. The molecule has 0 aromatic heterocycles. The van der Waals surface area contributed by atoms with Crippen LogP contribution in [-0.2, 0) is 38.0 Å². The van der Waals surface area contributed by atoms with Crippen LogP contribution >= 0.6 is 0 Å². The number of hydrogen-bond acceptors (Lipinski definition) is 8. The zero-order valence-corrected chi connectivity index (χ0v) is 13.1. The van der Waals surface area contributed by atoms with E-state index in [1.807, 2.05) is 13.8 Å². The van der Waals surface area contributed by atoms with Crippen LogP contribution in [0, 0.1) is 0 Å². The largest absolute Gasteiger partial charge is 0.433 e. The Bertz CT molecular complexity index is 425. The van der Waals surface area contributed by atoms with Crippen LogP contribution in [-0.4, -0.2) is 69.1 Å². The van der Waals surface area contributed by atoms with E-state index < -0.39 is 30.3 Å². The highest BCUT2D eigenvalue weighted by atomic mass is 16.8. The lowest BCUT2D eigenvalue weighted by molar-refractivity contribution is -0.401. The summed E-state index contributed by atoms with van der Waals surface area (Å²) in [4.78, 5) is 11.2. The fourth-order valence-electron chi connectivity index (χ4n) is 3.09. The van der Waals surface area contributed by atoms with Crippen LogP contribution in [0.15, 0.2) is 0 Å². The van der Waals surface area contributed by atoms with Crippen LogP contribution in [0.4, 0.5) is 0 Å². The summed E-state index contributed by atoms with van der Waals surface area (Å²) in [6.07, 6.45) is -2.90. The van der Waals surface area contributed by atoms with Crippen LogP contribution in [0.5, 0.6) is 0 Å². The number of methoxy groups -OCH3 is 1. The molecule has 22 heavy (non-hydrogen) atoms. The van der Waals surface area contributed by atoms with Gasteiger partial charge in [0.1, 0.15) is 30.5 Å². The molecular formula is C14H22O8. The molecule has 0 bridgehead atoms. The highest BCUT2D eigenvalue weighted by Gasteiger charge is 2.56. The lowest BCUT2D eigenvalue weighted by Gasteiger charge is -2.52. The maximum Gasteiger partial charge on any atom is 0.305 e. The van der Waals surface area contributed by atoms with Crippen LogP contribution in [0.2, 0.25) is 0 Å². The second-order valence-electron chi connectivity index (χ2n) is 6.03. The molecule has 126 valence electrons. The minimum absolute atomic E-state index is 0.000384. The van der Waals surface area contributed by atoms with E-state index in [0.29, 0.717) is 6.61 Å². The molecule has 0 spiro atoms. The molecule has 0 aromatic rings. The van der Waals surface area contributed by atoms with Crippen LogP contribution in [0.25, 0.3) is 0 Å². The second-order valence-corrected chi connectivity index (χ2v) is 6.03. The van der Waals surface area contributed by atoms with Crippen molar-refractivity contribution in [2.24, 2.45) is 0 Å². The molecule has 0 N–H and O–H groups in total. The molecular weight excluding hydrogens is 296 g/mol. The van der Waals surface area contributed by atoms with Crippen LogP contribution in [0.1, 0.15) is 20.8 Å². The summed E-state index contributed by atoms with van der Waals surface area (Å²) in [5, 5.41) is 0. The summed E-state index contributed by atoms with van der Waals surface area (Å²) in [5.74, 6) is -1.16. The number of carbonyl (C=O) groups excluding carboxylic acids is 1. The Morgan fingerprint density at radius 3 is 2.64 bits per heavy atom. The Balaban J connectivity index is 1.81. The van der Waals surface area contributed by atoms with Gasteiger partial charge in [0.15, 0.2) is 12.6 Å². The fourth-order valence-corrected chi connectivity index (χ4v) is 3.09. The normalized spacial score (nSPS) is 43.8. The topological polar surface area (TPSA) is 81.7 Å². The monoisotopic (exact) mass is 318 g/mol. The Hall–Kier alpha value is -0.770. The number of carbonyl (C=O) groups is 1. The van der Waals surface area contributed by atoms with Crippen molar-refractivity contribution >= 4 is 5.97 Å². The molecule has 8 heteroatoms. The molecule has 3 fully saturated rings. The molecule has 8 nitrogen and oxygen atoms in total. The van der Waals surface area contributed by atoms with Crippen LogP contribution < -0.4 is 0 Å². The first kappa shape index (κ1) is 16.1. The van der Waals surface area contributed by atoms with Crippen molar-refractivity contribution in [3.8, 4) is 0 Å². The molecule has 0 aromatic carbocycles. The van der Waals surface area contributed by atoms with Gasteiger partial charge in [-0.3, -0.25) is 4.79 Å². The van der Waals surface area contributed by atoms with Crippen molar-refractivity contribution in [3.05, 3.63) is 0 Å². The molecule has 0 saturated carbocycles. The minimum atomic E-state index is -0.829. The van der Waals surface area contributed by atoms with Crippen molar-refractivity contribution in [3.63, 3.8) is 0 Å². The van der Waals surface area contributed by atoms with Gasteiger partial charge in [0.25, 0.3) is 0 Å². The zero-order valence-electron chi connectivity index (χ0n) is 13.1. The van der Waals surface area contributed by atoms with E-state index in [4.69, 9.17) is 33.2 Å². The third kappa shape index (κ3) is 2.99. The lowest BCUT2D eigenvalue weighted by atomic mass is 9.92. The molecule has 0 amide bonds. The number of esters is 1.